The number of aryl methyl sites for hydroxylation is 2. The molecule has 7 nitrogen and oxygen atoms in total. The molecule has 2 unspecified atom stereocenters. The molecule has 0 bridgehead atoms. The molecule has 3 aromatic rings. The molecule has 1 saturated heterocycles. The van der Waals surface area contributed by atoms with Gasteiger partial charge in [-0.25, -0.2) is 10.4 Å². The van der Waals surface area contributed by atoms with Crippen LogP contribution in [0.25, 0.3) is 11.5 Å². The Morgan fingerprint density at radius 2 is 1.88 bits per heavy atom. The molecular weight excluding hydrogens is 416 g/mol. The molecule has 0 saturated carbocycles. The lowest BCUT2D eigenvalue weighted by Gasteiger charge is -2.31. The second-order valence-electron chi connectivity index (χ2n) is 8.45. The predicted molar refractivity (Wildman–Crippen MR) is 125 cm³/mol. The summed E-state index contributed by atoms with van der Waals surface area (Å²) in [5.74, 6) is 2.09. The molecule has 7 heteroatoms. The molecule has 1 amide bonds. The molecular formula is C26H28N4O3. The van der Waals surface area contributed by atoms with E-state index in [2.05, 4.69) is 41.6 Å². The molecule has 0 spiro atoms. The number of nitrogens with one attached hydrogen (secondary N) is 1. The normalized spacial score (nSPS) is 19.8. The highest BCUT2D eigenvalue weighted by atomic mass is 16.5. The van der Waals surface area contributed by atoms with Gasteiger partial charge in [-0.2, -0.15) is 0 Å². The van der Waals surface area contributed by atoms with Crippen LogP contribution in [0.5, 0.6) is 5.75 Å². The Balaban J connectivity index is 1.29. The number of rotatable bonds is 6. The first-order chi connectivity index (χ1) is 16.1. The summed E-state index contributed by atoms with van der Waals surface area (Å²) in [6.07, 6.45) is 5.49. The van der Waals surface area contributed by atoms with Crippen molar-refractivity contribution in [2.45, 2.75) is 45.3 Å². The van der Waals surface area contributed by atoms with Crippen LogP contribution in [0.15, 0.2) is 65.3 Å². The lowest BCUT2D eigenvalue weighted by atomic mass is 9.99. The van der Waals surface area contributed by atoms with Crippen molar-refractivity contribution in [3.63, 3.8) is 0 Å². The van der Waals surface area contributed by atoms with Gasteiger partial charge < -0.3 is 19.1 Å². The molecule has 1 N–H and O–H groups in total. The highest BCUT2D eigenvalue weighted by Crippen LogP contribution is 2.32. The fourth-order valence-electron chi connectivity index (χ4n) is 4.36. The van der Waals surface area contributed by atoms with Gasteiger partial charge in [-0.3, -0.25) is 4.79 Å². The van der Waals surface area contributed by atoms with Crippen LogP contribution >= 0.6 is 0 Å². The van der Waals surface area contributed by atoms with Crippen LogP contribution in [0.2, 0.25) is 0 Å². The average molecular weight is 445 g/mol. The first-order valence-corrected chi connectivity index (χ1v) is 11.3. The zero-order valence-electron chi connectivity index (χ0n) is 19.1. The number of hydrogen-bond donors (Lipinski definition) is 1. The van der Waals surface area contributed by atoms with Gasteiger partial charge in [-0.05, 0) is 55.2 Å². The van der Waals surface area contributed by atoms with E-state index in [1.54, 1.807) is 12.0 Å². The summed E-state index contributed by atoms with van der Waals surface area (Å²) < 4.78 is 11.1. The molecule has 2 atom stereocenters. The van der Waals surface area contributed by atoms with E-state index in [0.29, 0.717) is 18.2 Å². The van der Waals surface area contributed by atoms with Crippen LogP contribution in [0.4, 0.5) is 0 Å². The van der Waals surface area contributed by atoms with E-state index in [1.165, 1.54) is 11.1 Å². The number of fused-ring (bicyclic) bond motifs is 1. The van der Waals surface area contributed by atoms with Crippen LogP contribution in [0.1, 0.15) is 42.0 Å². The number of methoxy groups -OCH3 is 1. The van der Waals surface area contributed by atoms with E-state index in [4.69, 9.17) is 9.15 Å². The fraction of sp³-hybridized carbons (Fsp3) is 0.308. The molecule has 3 heterocycles. The number of oxazole rings is 1. The average Bonchev–Trinajstić information content (AvgIpc) is 3.45. The summed E-state index contributed by atoms with van der Waals surface area (Å²) in [6.45, 7) is 4.41. The van der Waals surface area contributed by atoms with Crippen LogP contribution in [0.3, 0.4) is 0 Å². The SMILES string of the molecule is CCc1ccc(C2CC3C(=O)N(Cc4nc(-c5ccc(OC)cc5)oc4C)C=CN3N2)cc1. The molecule has 33 heavy (non-hydrogen) atoms. The molecule has 1 fully saturated rings. The first-order valence-electron chi connectivity index (χ1n) is 11.3. The highest BCUT2D eigenvalue weighted by molar-refractivity contribution is 5.84. The number of carbonyl (C=O) groups is 1. The maximum Gasteiger partial charge on any atom is 0.251 e. The molecule has 0 radical (unpaired) electrons. The van der Waals surface area contributed by atoms with E-state index in [9.17, 15) is 4.79 Å². The lowest BCUT2D eigenvalue weighted by Crippen LogP contribution is -2.47. The molecule has 170 valence electrons. The van der Waals surface area contributed by atoms with E-state index in [-0.39, 0.29) is 18.0 Å². The second kappa shape index (κ2) is 8.75. The molecule has 2 aliphatic heterocycles. The third kappa shape index (κ3) is 4.12. The Labute approximate surface area is 193 Å². The van der Waals surface area contributed by atoms with E-state index < -0.39 is 0 Å². The summed E-state index contributed by atoms with van der Waals surface area (Å²) in [6, 6.07) is 16.1. The van der Waals surface area contributed by atoms with E-state index in [0.717, 1.165) is 29.8 Å². The summed E-state index contributed by atoms with van der Waals surface area (Å²) in [5.41, 5.74) is 7.60. The van der Waals surface area contributed by atoms with Gasteiger partial charge in [0.1, 0.15) is 23.2 Å². The quantitative estimate of drug-likeness (QED) is 0.609. The Bertz CT molecular complexity index is 1170. The minimum Gasteiger partial charge on any atom is -0.497 e. The molecule has 1 aromatic heterocycles. The second-order valence-corrected chi connectivity index (χ2v) is 8.45. The van der Waals surface area contributed by atoms with Gasteiger partial charge in [0.15, 0.2) is 0 Å². The minimum atomic E-state index is -0.237. The Morgan fingerprint density at radius 3 is 2.58 bits per heavy atom. The minimum absolute atomic E-state index is 0.0612. The largest absolute Gasteiger partial charge is 0.497 e. The highest BCUT2D eigenvalue weighted by Gasteiger charge is 2.40. The van der Waals surface area contributed by atoms with E-state index in [1.807, 2.05) is 48.6 Å². The van der Waals surface area contributed by atoms with Crippen molar-refractivity contribution < 1.29 is 13.9 Å². The van der Waals surface area contributed by atoms with Crippen molar-refractivity contribution >= 4 is 5.91 Å². The van der Waals surface area contributed by atoms with Crippen LogP contribution in [-0.4, -0.2) is 34.0 Å². The summed E-state index contributed by atoms with van der Waals surface area (Å²) in [4.78, 5) is 19.7. The third-order valence-corrected chi connectivity index (χ3v) is 6.42. The molecule has 5 rings (SSSR count). The molecule has 2 aliphatic rings. The van der Waals surface area contributed by atoms with Gasteiger partial charge in [0.05, 0.1) is 19.7 Å². The van der Waals surface area contributed by atoms with Crippen molar-refractivity contribution in [3.8, 4) is 17.2 Å². The number of amides is 1. The number of aromatic nitrogens is 1. The number of carbonyl (C=O) groups excluding carboxylic acids is 1. The smallest absolute Gasteiger partial charge is 0.251 e. The standard InChI is InChI=1S/C26H28N4O3/c1-4-18-5-7-19(8-6-18)22-15-24-26(31)29(13-14-30(24)28-22)16-23-17(2)33-25(27-23)20-9-11-21(32-3)12-10-20/h5-14,22,24,28H,4,15-16H2,1-3H3. The number of nitrogens with zero attached hydrogens (tertiary/aromatic N) is 3. The van der Waals surface area contributed by atoms with Crippen LogP contribution in [-0.2, 0) is 17.8 Å². The van der Waals surface area contributed by atoms with Gasteiger partial charge in [-0.15, -0.1) is 0 Å². The van der Waals surface area contributed by atoms with Crippen molar-refractivity contribution in [2.75, 3.05) is 7.11 Å². The van der Waals surface area contributed by atoms with Gasteiger partial charge in [0.2, 0.25) is 5.89 Å². The van der Waals surface area contributed by atoms with Gasteiger partial charge in [0, 0.05) is 18.0 Å². The monoisotopic (exact) mass is 444 g/mol. The zero-order valence-corrected chi connectivity index (χ0v) is 19.1. The number of benzene rings is 2. The van der Waals surface area contributed by atoms with Crippen molar-refractivity contribution in [1.82, 2.24) is 20.3 Å². The van der Waals surface area contributed by atoms with Crippen molar-refractivity contribution in [2.24, 2.45) is 0 Å². The summed E-state index contributed by atoms with van der Waals surface area (Å²) in [7, 11) is 1.64. The lowest BCUT2D eigenvalue weighted by molar-refractivity contribution is -0.135. The molecule has 2 aromatic carbocycles. The summed E-state index contributed by atoms with van der Waals surface area (Å²) >= 11 is 0. The van der Waals surface area contributed by atoms with Gasteiger partial charge in [0.25, 0.3) is 5.91 Å². The first kappa shape index (κ1) is 21.3. The zero-order chi connectivity index (χ0) is 22.9. The maximum absolute atomic E-state index is 13.3. The van der Waals surface area contributed by atoms with Crippen LogP contribution in [0, 0.1) is 6.92 Å². The number of hydrazine groups is 1. The van der Waals surface area contributed by atoms with Gasteiger partial charge in [-0.1, -0.05) is 31.2 Å². The van der Waals surface area contributed by atoms with Gasteiger partial charge >= 0.3 is 0 Å². The predicted octanol–water partition coefficient (Wildman–Crippen LogP) is 4.35. The topological polar surface area (TPSA) is 70.8 Å². The Hall–Kier alpha value is -3.58. The van der Waals surface area contributed by atoms with Crippen molar-refractivity contribution in [1.29, 1.82) is 0 Å². The van der Waals surface area contributed by atoms with Crippen molar-refractivity contribution in [3.05, 3.63) is 83.5 Å². The number of ether oxygens (including phenoxy) is 1. The third-order valence-electron chi connectivity index (χ3n) is 6.42. The summed E-state index contributed by atoms with van der Waals surface area (Å²) in [5, 5.41) is 1.93. The van der Waals surface area contributed by atoms with Crippen LogP contribution < -0.4 is 10.2 Å². The molecule has 0 aliphatic carbocycles. The Morgan fingerprint density at radius 1 is 1.12 bits per heavy atom. The maximum atomic E-state index is 13.3. The van der Waals surface area contributed by atoms with E-state index >= 15 is 0 Å². The fourth-order valence-corrected chi connectivity index (χ4v) is 4.36. The Kier molecular flexibility index (Phi) is 5.64. The number of hydrogen-bond acceptors (Lipinski definition) is 6.